The van der Waals surface area contributed by atoms with Gasteiger partial charge in [0.2, 0.25) is 0 Å². The van der Waals surface area contributed by atoms with E-state index in [9.17, 15) is 9.59 Å². The number of carbonyl (C=O) groups excluding carboxylic acids is 2. The number of ether oxygens (including phenoxy) is 1. The minimum atomic E-state index is -0.345. The van der Waals surface area contributed by atoms with Gasteiger partial charge >= 0.3 is 5.97 Å². The second-order valence-corrected chi connectivity index (χ2v) is 5.37. The largest absolute Gasteiger partial charge is 0.462 e. The summed E-state index contributed by atoms with van der Waals surface area (Å²) in [5.74, 6) is -0.427. The standard InChI is InChI=1S/C18H15BrO3/c1-2-22-18(21)14-10-7-13(8-11-14)9-12-17(20)15-5-3-4-6-16(15)19/h3-12H,2H2,1H3/b12-9+. The predicted octanol–water partition coefficient (Wildman–Crippen LogP) is 4.52. The molecule has 0 aliphatic heterocycles. The van der Waals surface area contributed by atoms with Crippen LogP contribution in [0.1, 0.15) is 33.2 Å². The van der Waals surface area contributed by atoms with Crippen LogP contribution in [0.25, 0.3) is 6.08 Å². The first-order valence-corrected chi connectivity index (χ1v) is 7.65. The van der Waals surface area contributed by atoms with E-state index in [1.165, 1.54) is 6.08 Å². The van der Waals surface area contributed by atoms with Crippen molar-refractivity contribution in [1.82, 2.24) is 0 Å². The lowest BCUT2D eigenvalue weighted by Crippen LogP contribution is -2.04. The van der Waals surface area contributed by atoms with Crippen LogP contribution < -0.4 is 0 Å². The summed E-state index contributed by atoms with van der Waals surface area (Å²) < 4.78 is 5.69. The van der Waals surface area contributed by atoms with E-state index in [4.69, 9.17) is 4.74 Å². The van der Waals surface area contributed by atoms with E-state index < -0.39 is 0 Å². The number of benzene rings is 2. The van der Waals surface area contributed by atoms with Gasteiger partial charge in [-0.2, -0.15) is 0 Å². The second kappa shape index (κ2) is 7.71. The van der Waals surface area contributed by atoms with Crippen LogP contribution in [0.15, 0.2) is 59.1 Å². The molecule has 0 atom stereocenters. The lowest BCUT2D eigenvalue weighted by atomic mass is 10.1. The lowest BCUT2D eigenvalue weighted by Gasteiger charge is -2.02. The Morgan fingerprint density at radius 3 is 2.41 bits per heavy atom. The zero-order valence-electron chi connectivity index (χ0n) is 12.1. The third-order valence-electron chi connectivity index (χ3n) is 2.99. The van der Waals surface area contributed by atoms with Gasteiger partial charge in [-0.1, -0.05) is 46.3 Å². The molecule has 4 heteroatoms. The number of esters is 1. The van der Waals surface area contributed by atoms with E-state index in [0.29, 0.717) is 17.7 Å². The molecule has 0 radical (unpaired) electrons. The summed E-state index contributed by atoms with van der Waals surface area (Å²) in [5, 5.41) is 0. The van der Waals surface area contributed by atoms with Crippen molar-refractivity contribution in [3.8, 4) is 0 Å². The molecule has 0 aromatic heterocycles. The highest BCUT2D eigenvalue weighted by Gasteiger charge is 2.06. The summed E-state index contributed by atoms with van der Waals surface area (Å²) in [6.07, 6.45) is 3.23. The molecule has 0 amide bonds. The maximum Gasteiger partial charge on any atom is 0.338 e. The molecule has 0 unspecified atom stereocenters. The van der Waals surface area contributed by atoms with Crippen molar-refractivity contribution in [2.75, 3.05) is 6.61 Å². The third kappa shape index (κ3) is 4.15. The average molecular weight is 359 g/mol. The van der Waals surface area contributed by atoms with Crippen molar-refractivity contribution in [3.05, 3.63) is 75.8 Å². The van der Waals surface area contributed by atoms with Crippen LogP contribution in [0.4, 0.5) is 0 Å². The lowest BCUT2D eigenvalue weighted by molar-refractivity contribution is 0.0526. The van der Waals surface area contributed by atoms with Crippen molar-refractivity contribution >= 4 is 33.8 Å². The molecule has 0 bridgehead atoms. The predicted molar refractivity (Wildman–Crippen MR) is 89.9 cm³/mol. The number of carbonyl (C=O) groups is 2. The summed E-state index contributed by atoms with van der Waals surface area (Å²) in [6, 6.07) is 14.2. The van der Waals surface area contributed by atoms with Crippen LogP contribution in [0, 0.1) is 0 Å². The van der Waals surface area contributed by atoms with Gasteiger partial charge in [0.05, 0.1) is 12.2 Å². The van der Waals surface area contributed by atoms with Crippen molar-refractivity contribution in [1.29, 1.82) is 0 Å². The van der Waals surface area contributed by atoms with E-state index in [1.54, 1.807) is 43.3 Å². The summed E-state index contributed by atoms with van der Waals surface area (Å²) >= 11 is 3.36. The van der Waals surface area contributed by atoms with Gasteiger partial charge < -0.3 is 4.74 Å². The maximum atomic E-state index is 12.1. The Morgan fingerprint density at radius 1 is 1.09 bits per heavy atom. The van der Waals surface area contributed by atoms with Gasteiger partial charge in [0.1, 0.15) is 0 Å². The smallest absolute Gasteiger partial charge is 0.338 e. The number of halogens is 1. The fourth-order valence-electron chi connectivity index (χ4n) is 1.87. The zero-order chi connectivity index (χ0) is 15.9. The highest BCUT2D eigenvalue weighted by atomic mass is 79.9. The van der Waals surface area contributed by atoms with Crippen molar-refractivity contribution < 1.29 is 14.3 Å². The third-order valence-corrected chi connectivity index (χ3v) is 3.68. The van der Waals surface area contributed by atoms with Gasteiger partial charge in [-0.15, -0.1) is 0 Å². The maximum absolute atomic E-state index is 12.1. The molecule has 0 saturated carbocycles. The van der Waals surface area contributed by atoms with Crippen LogP contribution in [0.3, 0.4) is 0 Å². The van der Waals surface area contributed by atoms with Crippen LogP contribution in [0.2, 0.25) is 0 Å². The number of allylic oxidation sites excluding steroid dienone is 1. The molecule has 112 valence electrons. The van der Waals surface area contributed by atoms with E-state index in [1.807, 2.05) is 18.2 Å². The summed E-state index contributed by atoms with van der Waals surface area (Å²) in [5.41, 5.74) is 1.95. The molecule has 22 heavy (non-hydrogen) atoms. The molecule has 2 aromatic carbocycles. The zero-order valence-corrected chi connectivity index (χ0v) is 13.7. The first-order chi connectivity index (χ1) is 10.6. The van der Waals surface area contributed by atoms with E-state index >= 15 is 0 Å². The monoisotopic (exact) mass is 358 g/mol. The van der Waals surface area contributed by atoms with Gasteiger partial charge in [0.25, 0.3) is 0 Å². The normalized spacial score (nSPS) is 10.6. The summed E-state index contributed by atoms with van der Waals surface area (Å²) in [4.78, 5) is 23.7. The average Bonchev–Trinajstić information content (AvgIpc) is 2.54. The molecule has 0 saturated heterocycles. The van der Waals surface area contributed by atoms with Gasteiger partial charge in [0.15, 0.2) is 5.78 Å². The Balaban J connectivity index is 2.09. The molecular formula is C18H15BrO3. The molecule has 0 N–H and O–H groups in total. The molecule has 3 nitrogen and oxygen atoms in total. The van der Waals surface area contributed by atoms with Gasteiger partial charge in [-0.25, -0.2) is 4.79 Å². The topological polar surface area (TPSA) is 43.4 Å². The molecule has 0 aliphatic carbocycles. The van der Waals surface area contributed by atoms with E-state index in [2.05, 4.69) is 15.9 Å². The Labute approximate surface area is 137 Å². The minimum absolute atomic E-state index is 0.0815. The summed E-state index contributed by atoms with van der Waals surface area (Å²) in [7, 11) is 0. The van der Waals surface area contributed by atoms with Gasteiger partial charge in [-0.3, -0.25) is 4.79 Å². The highest BCUT2D eigenvalue weighted by molar-refractivity contribution is 9.10. The molecule has 2 rings (SSSR count). The Morgan fingerprint density at radius 2 is 1.77 bits per heavy atom. The Kier molecular flexibility index (Phi) is 5.67. The molecular weight excluding hydrogens is 344 g/mol. The van der Waals surface area contributed by atoms with Gasteiger partial charge in [-0.05, 0) is 42.8 Å². The fourth-order valence-corrected chi connectivity index (χ4v) is 2.35. The molecule has 0 aliphatic rings. The number of hydrogen-bond acceptors (Lipinski definition) is 3. The second-order valence-electron chi connectivity index (χ2n) is 4.52. The highest BCUT2D eigenvalue weighted by Crippen LogP contribution is 2.17. The van der Waals surface area contributed by atoms with E-state index in [0.717, 1.165) is 10.0 Å². The number of hydrogen-bond donors (Lipinski definition) is 0. The Hall–Kier alpha value is -2.20. The van der Waals surface area contributed by atoms with E-state index in [-0.39, 0.29) is 11.8 Å². The molecule has 0 spiro atoms. The van der Waals surface area contributed by atoms with Crippen LogP contribution >= 0.6 is 15.9 Å². The number of ketones is 1. The van der Waals surface area contributed by atoms with Crippen LogP contribution in [-0.4, -0.2) is 18.4 Å². The first-order valence-electron chi connectivity index (χ1n) is 6.86. The quantitative estimate of drug-likeness (QED) is 0.448. The number of rotatable bonds is 5. The van der Waals surface area contributed by atoms with Crippen LogP contribution in [0.5, 0.6) is 0 Å². The molecule has 0 heterocycles. The summed E-state index contributed by atoms with van der Waals surface area (Å²) in [6.45, 7) is 2.11. The van der Waals surface area contributed by atoms with Gasteiger partial charge in [0, 0.05) is 10.0 Å². The van der Waals surface area contributed by atoms with Crippen molar-refractivity contribution in [2.24, 2.45) is 0 Å². The van der Waals surface area contributed by atoms with Crippen molar-refractivity contribution in [3.63, 3.8) is 0 Å². The fraction of sp³-hybridized carbons (Fsp3) is 0.111. The molecule has 2 aromatic rings. The van der Waals surface area contributed by atoms with Crippen LogP contribution in [-0.2, 0) is 4.74 Å². The van der Waals surface area contributed by atoms with Crippen molar-refractivity contribution in [2.45, 2.75) is 6.92 Å². The SMILES string of the molecule is CCOC(=O)c1ccc(/C=C/C(=O)c2ccccc2Br)cc1. The molecule has 0 fully saturated rings. The Bertz CT molecular complexity index is 703. The first kappa shape index (κ1) is 16.2. The minimum Gasteiger partial charge on any atom is -0.462 e.